The molecule has 0 aromatic heterocycles. The summed E-state index contributed by atoms with van der Waals surface area (Å²) in [6.07, 6.45) is 0. The molecule has 146 valence electrons. The van der Waals surface area contributed by atoms with E-state index in [1.165, 1.54) is 26.8 Å². The van der Waals surface area contributed by atoms with Crippen LogP contribution in [-0.4, -0.2) is 51.6 Å². The van der Waals surface area contributed by atoms with Crippen molar-refractivity contribution in [2.75, 3.05) is 26.2 Å². The van der Waals surface area contributed by atoms with E-state index in [9.17, 15) is 21.2 Å². The zero-order valence-electron chi connectivity index (χ0n) is 15.1. The van der Waals surface area contributed by atoms with Crippen LogP contribution in [0.5, 0.6) is 0 Å². The molecule has 0 bridgehead atoms. The molecule has 0 N–H and O–H groups in total. The Bertz CT molecular complexity index is 1060. The van der Waals surface area contributed by atoms with E-state index >= 15 is 0 Å². The average molecular weight is 413 g/mol. The number of aryl methyl sites for hydroxylation is 2. The zero-order chi connectivity index (χ0) is 19.8. The molecule has 1 saturated heterocycles. The van der Waals surface area contributed by atoms with E-state index < -0.39 is 25.9 Å². The first kappa shape index (κ1) is 19.9. The third kappa shape index (κ3) is 3.91. The minimum absolute atomic E-state index is 0.0169. The topological polar surface area (TPSA) is 74.8 Å². The van der Waals surface area contributed by atoms with Gasteiger partial charge in [-0.25, -0.2) is 21.2 Å². The van der Waals surface area contributed by atoms with Crippen LogP contribution < -0.4 is 0 Å². The maximum absolute atomic E-state index is 13.4. The summed E-state index contributed by atoms with van der Waals surface area (Å²) in [5.41, 5.74) is 1.63. The molecule has 0 amide bonds. The van der Waals surface area contributed by atoms with Crippen molar-refractivity contribution in [2.24, 2.45) is 0 Å². The Morgan fingerprint density at radius 3 is 1.96 bits per heavy atom. The predicted molar refractivity (Wildman–Crippen MR) is 99.8 cm³/mol. The van der Waals surface area contributed by atoms with Crippen LogP contribution in [0.3, 0.4) is 0 Å². The van der Waals surface area contributed by atoms with Crippen molar-refractivity contribution < 1.29 is 21.2 Å². The number of piperazine rings is 1. The first-order chi connectivity index (χ1) is 12.6. The van der Waals surface area contributed by atoms with Gasteiger partial charge < -0.3 is 0 Å². The third-order valence-electron chi connectivity index (χ3n) is 4.58. The quantitative estimate of drug-likeness (QED) is 0.771. The highest BCUT2D eigenvalue weighted by atomic mass is 32.2. The van der Waals surface area contributed by atoms with Crippen molar-refractivity contribution in [3.8, 4) is 0 Å². The summed E-state index contributed by atoms with van der Waals surface area (Å²) in [6, 6.07) is 9.93. The van der Waals surface area contributed by atoms with Crippen LogP contribution in [0.25, 0.3) is 0 Å². The van der Waals surface area contributed by atoms with Gasteiger partial charge in [-0.1, -0.05) is 23.8 Å². The maximum atomic E-state index is 13.4. The van der Waals surface area contributed by atoms with Gasteiger partial charge in [0.15, 0.2) is 0 Å². The van der Waals surface area contributed by atoms with E-state index in [1.807, 2.05) is 6.92 Å². The summed E-state index contributed by atoms with van der Waals surface area (Å²) >= 11 is 0. The van der Waals surface area contributed by atoms with Crippen molar-refractivity contribution in [3.63, 3.8) is 0 Å². The van der Waals surface area contributed by atoms with E-state index in [4.69, 9.17) is 0 Å². The molecule has 0 aliphatic carbocycles. The summed E-state index contributed by atoms with van der Waals surface area (Å²) in [4.78, 5) is 0.0997. The molecule has 9 heteroatoms. The number of hydrogen-bond acceptors (Lipinski definition) is 4. The summed E-state index contributed by atoms with van der Waals surface area (Å²) < 4.78 is 66.9. The van der Waals surface area contributed by atoms with Gasteiger partial charge in [0.05, 0.1) is 9.79 Å². The van der Waals surface area contributed by atoms with Gasteiger partial charge in [0.1, 0.15) is 5.82 Å². The minimum atomic E-state index is -3.86. The van der Waals surface area contributed by atoms with E-state index in [-0.39, 0.29) is 36.0 Å². The van der Waals surface area contributed by atoms with Crippen LogP contribution in [-0.2, 0) is 20.0 Å². The normalized spacial score (nSPS) is 17.1. The van der Waals surface area contributed by atoms with Crippen molar-refractivity contribution in [2.45, 2.75) is 23.6 Å². The van der Waals surface area contributed by atoms with Crippen molar-refractivity contribution in [1.82, 2.24) is 8.61 Å². The predicted octanol–water partition coefficient (Wildman–Crippen LogP) is 2.14. The van der Waals surface area contributed by atoms with Gasteiger partial charge in [0.25, 0.3) is 0 Å². The van der Waals surface area contributed by atoms with Gasteiger partial charge in [0.2, 0.25) is 20.0 Å². The Kier molecular flexibility index (Phi) is 5.40. The molecular formula is C18H21FN2O4S2. The molecule has 1 heterocycles. The van der Waals surface area contributed by atoms with Gasteiger partial charge in [-0.2, -0.15) is 8.61 Å². The molecule has 0 radical (unpaired) electrons. The van der Waals surface area contributed by atoms with Crippen molar-refractivity contribution >= 4 is 20.0 Å². The summed E-state index contributed by atoms with van der Waals surface area (Å²) in [6.45, 7) is 3.75. The molecule has 3 rings (SSSR count). The monoisotopic (exact) mass is 412 g/mol. The molecular weight excluding hydrogens is 391 g/mol. The van der Waals surface area contributed by atoms with Crippen LogP contribution in [0.1, 0.15) is 11.1 Å². The molecule has 1 aliphatic rings. The lowest BCUT2D eigenvalue weighted by Gasteiger charge is -2.33. The lowest BCUT2D eigenvalue weighted by atomic mass is 10.2. The first-order valence-electron chi connectivity index (χ1n) is 8.45. The molecule has 0 unspecified atom stereocenters. The number of nitrogens with zero attached hydrogens (tertiary/aromatic N) is 2. The fraction of sp³-hybridized carbons (Fsp3) is 0.333. The number of halogens is 1. The molecule has 2 aromatic carbocycles. The lowest BCUT2D eigenvalue weighted by Crippen LogP contribution is -2.50. The lowest BCUT2D eigenvalue weighted by molar-refractivity contribution is 0.272. The number of rotatable bonds is 4. The smallest absolute Gasteiger partial charge is 0.207 e. The molecule has 27 heavy (non-hydrogen) atoms. The molecule has 0 spiro atoms. The molecule has 0 saturated carbocycles. The average Bonchev–Trinajstić information content (AvgIpc) is 2.61. The minimum Gasteiger partial charge on any atom is -0.207 e. The largest absolute Gasteiger partial charge is 0.243 e. The SMILES string of the molecule is Cc1ccc(S(=O)(=O)N2CCN(S(=O)(=O)c3cccc(F)c3)CC2)c(C)c1. The van der Waals surface area contributed by atoms with Gasteiger partial charge in [-0.05, 0) is 43.7 Å². The second kappa shape index (κ2) is 7.31. The summed E-state index contributed by atoms with van der Waals surface area (Å²) in [7, 11) is -7.56. The second-order valence-corrected chi connectivity index (χ2v) is 10.4. The van der Waals surface area contributed by atoms with Crippen LogP contribution in [0.2, 0.25) is 0 Å². The van der Waals surface area contributed by atoms with Crippen molar-refractivity contribution in [1.29, 1.82) is 0 Å². The number of hydrogen-bond donors (Lipinski definition) is 0. The van der Waals surface area contributed by atoms with Gasteiger partial charge in [-0.15, -0.1) is 0 Å². The highest BCUT2D eigenvalue weighted by molar-refractivity contribution is 7.89. The zero-order valence-corrected chi connectivity index (χ0v) is 16.7. The van der Waals surface area contributed by atoms with Crippen LogP contribution in [0, 0.1) is 19.7 Å². The Labute approximate surface area is 159 Å². The van der Waals surface area contributed by atoms with E-state index in [0.29, 0.717) is 5.56 Å². The molecule has 1 aliphatic heterocycles. The molecule has 2 aromatic rings. The summed E-state index contributed by atoms with van der Waals surface area (Å²) in [5, 5.41) is 0. The Balaban J connectivity index is 1.79. The Morgan fingerprint density at radius 1 is 0.815 bits per heavy atom. The number of benzene rings is 2. The first-order valence-corrected chi connectivity index (χ1v) is 11.3. The van der Waals surface area contributed by atoms with Crippen LogP contribution in [0.4, 0.5) is 4.39 Å². The number of sulfonamides is 2. The third-order valence-corrected chi connectivity index (χ3v) is 8.53. The van der Waals surface area contributed by atoms with Gasteiger partial charge in [-0.3, -0.25) is 0 Å². The van der Waals surface area contributed by atoms with E-state index in [1.54, 1.807) is 25.1 Å². The van der Waals surface area contributed by atoms with Crippen LogP contribution in [0.15, 0.2) is 52.3 Å². The Morgan fingerprint density at radius 2 is 1.41 bits per heavy atom. The molecule has 0 atom stereocenters. The Hall–Kier alpha value is -1.81. The standard InChI is InChI=1S/C18H21FN2O4S2/c1-14-6-7-18(15(2)12-14)27(24,25)21-10-8-20(9-11-21)26(22,23)17-5-3-4-16(19)13-17/h3-7,12-13H,8-11H2,1-2H3. The highest BCUT2D eigenvalue weighted by Gasteiger charge is 2.34. The second-order valence-electron chi connectivity index (χ2n) is 6.53. The van der Waals surface area contributed by atoms with Crippen molar-refractivity contribution in [3.05, 3.63) is 59.4 Å². The summed E-state index contributed by atoms with van der Waals surface area (Å²) in [5.74, 6) is -0.632. The fourth-order valence-electron chi connectivity index (χ4n) is 3.15. The van der Waals surface area contributed by atoms with Gasteiger partial charge >= 0.3 is 0 Å². The van der Waals surface area contributed by atoms with Crippen LogP contribution >= 0.6 is 0 Å². The van der Waals surface area contributed by atoms with E-state index in [0.717, 1.165) is 11.6 Å². The maximum Gasteiger partial charge on any atom is 0.243 e. The highest BCUT2D eigenvalue weighted by Crippen LogP contribution is 2.24. The van der Waals surface area contributed by atoms with E-state index in [2.05, 4.69) is 0 Å². The van der Waals surface area contributed by atoms with Gasteiger partial charge in [0, 0.05) is 26.2 Å². The molecule has 6 nitrogen and oxygen atoms in total. The fourth-order valence-corrected chi connectivity index (χ4v) is 6.24. The molecule has 1 fully saturated rings.